The molecule has 0 bridgehead atoms. The summed E-state index contributed by atoms with van der Waals surface area (Å²) in [5.41, 5.74) is 7.34. The van der Waals surface area contributed by atoms with Crippen molar-refractivity contribution in [3.8, 4) is 5.75 Å². The van der Waals surface area contributed by atoms with Gasteiger partial charge >= 0.3 is 0 Å². The van der Waals surface area contributed by atoms with Crippen LogP contribution in [0.1, 0.15) is 44.7 Å². The van der Waals surface area contributed by atoms with E-state index in [4.69, 9.17) is 22.1 Å². The molecule has 3 nitrogen and oxygen atoms in total. The van der Waals surface area contributed by atoms with E-state index in [9.17, 15) is 0 Å². The average Bonchev–Trinajstić information content (AvgIpc) is 2.40. The second-order valence-corrected chi connectivity index (χ2v) is 6.84. The first kappa shape index (κ1) is 14.2. The van der Waals surface area contributed by atoms with Crippen LogP contribution < -0.4 is 10.5 Å². The largest absolute Gasteiger partial charge is 0.487 e. The third kappa shape index (κ3) is 2.54. The number of benzene rings is 1. The molecule has 0 radical (unpaired) electrons. The standard InChI is InChI=1S/C16H23ClN2O/c1-11(2)19-7-5-16(6-8-19)10-14(18)13-9-12(17)3-4-15(13)20-16/h3-4,9,11,14H,5-8,10,18H2,1-2H3/t14-/m1/s1. The number of fused-ring (bicyclic) bond motifs is 1. The maximum atomic E-state index is 6.36. The molecule has 0 amide bonds. The predicted molar refractivity (Wildman–Crippen MR) is 82.3 cm³/mol. The lowest BCUT2D eigenvalue weighted by molar-refractivity contribution is -0.0278. The van der Waals surface area contributed by atoms with E-state index in [1.807, 2.05) is 18.2 Å². The first-order valence-corrected chi connectivity index (χ1v) is 7.85. The van der Waals surface area contributed by atoms with Crippen LogP contribution in [0.25, 0.3) is 0 Å². The Labute approximate surface area is 126 Å². The highest BCUT2D eigenvalue weighted by Gasteiger charge is 2.42. The van der Waals surface area contributed by atoms with Crippen molar-refractivity contribution < 1.29 is 4.74 Å². The van der Waals surface area contributed by atoms with Gasteiger partial charge in [-0.25, -0.2) is 0 Å². The monoisotopic (exact) mass is 294 g/mol. The third-order valence-electron chi connectivity index (χ3n) is 4.73. The highest BCUT2D eigenvalue weighted by molar-refractivity contribution is 6.30. The Morgan fingerprint density at radius 1 is 1.35 bits per heavy atom. The number of nitrogens with two attached hydrogens (primary N) is 1. The van der Waals surface area contributed by atoms with Crippen molar-refractivity contribution in [3.05, 3.63) is 28.8 Å². The molecule has 20 heavy (non-hydrogen) atoms. The van der Waals surface area contributed by atoms with Gasteiger partial charge in [0.15, 0.2) is 0 Å². The minimum Gasteiger partial charge on any atom is -0.487 e. The van der Waals surface area contributed by atoms with Crippen LogP contribution in [-0.2, 0) is 0 Å². The molecular formula is C16H23ClN2O. The van der Waals surface area contributed by atoms with Gasteiger partial charge in [0.2, 0.25) is 0 Å². The number of hydrogen-bond acceptors (Lipinski definition) is 3. The predicted octanol–water partition coefficient (Wildman–Crippen LogP) is 3.37. The van der Waals surface area contributed by atoms with Gasteiger partial charge in [-0.05, 0) is 44.9 Å². The Morgan fingerprint density at radius 3 is 2.70 bits per heavy atom. The first-order valence-electron chi connectivity index (χ1n) is 7.47. The Bertz CT molecular complexity index is 495. The molecular weight excluding hydrogens is 272 g/mol. The quantitative estimate of drug-likeness (QED) is 0.863. The fourth-order valence-corrected chi connectivity index (χ4v) is 3.62. The molecule has 2 aliphatic rings. The van der Waals surface area contributed by atoms with Crippen molar-refractivity contribution in [1.29, 1.82) is 0 Å². The van der Waals surface area contributed by atoms with Crippen LogP contribution in [0.4, 0.5) is 0 Å². The van der Waals surface area contributed by atoms with Gasteiger partial charge in [0.25, 0.3) is 0 Å². The summed E-state index contributed by atoms with van der Waals surface area (Å²) >= 11 is 6.06. The lowest BCUT2D eigenvalue weighted by Gasteiger charge is -2.47. The third-order valence-corrected chi connectivity index (χ3v) is 4.96. The molecule has 0 unspecified atom stereocenters. The van der Waals surface area contributed by atoms with Gasteiger partial charge in [0.05, 0.1) is 0 Å². The zero-order chi connectivity index (χ0) is 14.3. The van der Waals surface area contributed by atoms with E-state index in [0.717, 1.165) is 48.7 Å². The van der Waals surface area contributed by atoms with E-state index in [2.05, 4.69) is 18.7 Å². The SMILES string of the molecule is CC(C)N1CCC2(CC1)C[C@@H](N)c1cc(Cl)ccc1O2. The number of piperidine rings is 1. The summed E-state index contributed by atoms with van der Waals surface area (Å²) in [6.45, 7) is 6.69. The van der Waals surface area contributed by atoms with Gasteiger partial charge in [0.1, 0.15) is 11.4 Å². The van der Waals surface area contributed by atoms with Crippen molar-refractivity contribution in [1.82, 2.24) is 4.90 Å². The smallest absolute Gasteiger partial charge is 0.125 e. The average molecular weight is 295 g/mol. The number of ether oxygens (including phenoxy) is 1. The molecule has 110 valence electrons. The minimum atomic E-state index is -0.0777. The van der Waals surface area contributed by atoms with Gasteiger partial charge in [0, 0.05) is 42.2 Å². The number of likely N-dealkylation sites (tertiary alicyclic amines) is 1. The molecule has 2 heterocycles. The van der Waals surface area contributed by atoms with E-state index in [1.165, 1.54) is 0 Å². The fourth-order valence-electron chi connectivity index (χ4n) is 3.44. The number of halogens is 1. The van der Waals surface area contributed by atoms with Gasteiger partial charge in [-0.2, -0.15) is 0 Å². The van der Waals surface area contributed by atoms with E-state index < -0.39 is 0 Å². The second kappa shape index (κ2) is 5.21. The van der Waals surface area contributed by atoms with Gasteiger partial charge in [-0.3, -0.25) is 0 Å². The summed E-state index contributed by atoms with van der Waals surface area (Å²) in [6.07, 6.45) is 3.01. The van der Waals surface area contributed by atoms with Crippen LogP contribution in [-0.4, -0.2) is 29.6 Å². The lowest BCUT2D eigenvalue weighted by atomic mass is 9.80. The Morgan fingerprint density at radius 2 is 2.05 bits per heavy atom. The van der Waals surface area contributed by atoms with E-state index in [1.54, 1.807) is 0 Å². The van der Waals surface area contributed by atoms with E-state index >= 15 is 0 Å². The highest BCUT2D eigenvalue weighted by atomic mass is 35.5. The van der Waals surface area contributed by atoms with Crippen molar-refractivity contribution in [2.24, 2.45) is 5.73 Å². The van der Waals surface area contributed by atoms with Crippen molar-refractivity contribution in [3.63, 3.8) is 0 Å². The molecule has 1 saturated heterocycles. The summed E-state index contributed by atoms with van der Waals surface area (Å²) in [6, 6.07) is 6.43. The maximum Gasteiger partial charge on any atom is 0.125 e. The molecule has 0 aromatic heterocycles. The molecule has 2 N–H and O–H groups in total. The van der Waals surface area contributed by atoms with Crippen LogP contribution in [0.3, 0.4) is 0 Å². The van der Waals surface area contributed by atoms with Crippen LogP contribution in [0.2, 0.25) is 5.02 Å². The molecule has 0 saturated carbocycles. The summed E-state index contributed by atoms with van der Waals surface area (Å²) < 4.78 is 6.35. The minimum absolute atomic E-state index is 0.0306. The zero-order valence-corrected chi connectivity index (χ0v) is 13.0. The summed E-state index contributed by atoms with van der Waals surface area (Å²) in [5.74, 6) is 0.922. The maximum absolute atomic E-state index is 6.36. The zero-order valence-electron chi connectivity index (χ0n) is 12.2. The van der Waals surface area contributed by atoms with Gasteiger partial charge in [-0.1, -0.05) is 11.6 Å². The normalized spacial score (nSPS) is 25.6. The summed E-state index contributed by atoms with van der Waals surface area (Å²) in [4.78, 5) is 2.51. The van der Waals surface area contributed by atoms with Crippen LogP contribution in [0.5, 0.6) is 5.75 Å². The lowest BCUT2D eigenvalue weighted by Crippen LogP contribution is -2.52. The van der Waals surface area contributed by atoms with Crippen molar-refractivity contribution >= 4 is 11.6 Å². The number of hydrogen-bond donors (Lipinski definition) is 1. The molecule has 2 aliphatic heterocycles. The summed E-state index contributed by atoms with van der Waals surface area (Å²) in [7, 11) is 0. The number of rotatable bonds is 1. The molecule has 4 heteroatoms. The van der Waals surface area contributed by atoms with Crippen molar-refractivity contribution in [2.75, 3.05) is 13.1 Å². The first-order chi connectivity index (χ1) is 9.49. The molecule has 1 atom stereocenters. The van der Waals surface area contributed by atoms with Gasteiger partial charge in [-0.15, -0.1) is 0 Å². The Kier molecular flexibility index (Phi) is 3.69. The second-order valence-electron chi connectivity index (χ2n) is 6.41. The van der Waals surface area contributed by atoms with Gasteiger partial charge < -0.3 is 15.4 Å². The van der Waals surface area contributed by atoms with E-state index in [0.29, 0.717) is 6.04 Å². The molecule has 3 rings (SSSR count). The Hall–Kier alpha value is -0.770. The molecule has 0 aliphatic carbocycles. The molecule has 1 aromatic rings. The topological polar surface area (TPSA) is 38.5 Å². The molecule has 1 aromatic carbocycles. The van der Waals surface area contributed by atoms with Crippen LogP contribution in [0, 0.1) is 0 Å². The van der Waals surface area contributed by atoms with Crippen LogP contribution >= 0.6 is 11.6 Å². The summed E-state index contributed by atoms with van der Waals surface area (Å²) in [5, 5.41) is 0.730. The molecule has 1 fully saturated rings. The molecule has 1 spiro atoms. The van der Waals surface area contributed by atoms with Crippen LogP contribution in [0.15, 0.2) is 18.2 Å². The fraction of sp³-hybridized carbons (Fsp3) is 0.625. The number of nitrogens with zero attached hydrogens (tertiary/aromatic N) is 1. The van der Waals surface area contributed by atoms with Crippen molar-refractivity contribution in [2.45, 2.75) is 50.8 Å². The highest BCUT2D eigenvalue weighted by Crippen LogP contribution is 2.44. The Balaban J connectivity index is 1.80. The van der Waals surface area contributed by atoms with E-state index in [-0.39, 0.29) is 11.6 Å².